The number of amides is 1. The van der Waals surface area contributed by atoms with Crippen molar-refractivity contribution in [2.45, 2.75) is 31.8 Å². The Labute approximate surface area is 106 Å². The van der Waals surface area contributed by atoms with E-state index in [0.717, 1.165) is 30.8 Å². The van der Waals surface area contributed by atoms with Gasteiger partial charge in [-0.15, -0.1) is 0 Å². The van der Waals surface area contributed by atoms with Crippen molar-refractivity contribution in [3.8, 4) is 0 Å². The molecule has 1 aromatic heterocycles. The minimum absolute atomic E-state index is 0.315. The number of ether oxygens (including phenoxy) is 1. The van der Waals surface area contributed by atoms with Crippen LogP contribution in [0.2, 0.25) is 0 Å². The van der Waals surface area contributed by atoms with E-state index in [0.29, 0.717) is 13.2 Å². The van der Waals surface area contributed by atoms with Crippen LogP contribution in [0.3, 0.4) is 0 Å². The number of nitrogens with zero attached hydrogens (tertiary/aromatic N) is 2. The molecule has 0 bridgehead atoms. The van der Waals surface area contributed by atoms with Gasteiger partial charge in [-0.3, -0.25) is 9.69 Å². The zero-order valence-corrected chi connectivity index (χ0v) is 10.8. The summed E-state index contributed by atoms with van der Waals surface area (Å²) in [6.45, 7) is 3.53. The van der Waals surface area contributed by atoms with E-state index >= 15 is 0 Å². The van der Waals surface area contributed by atoms with Crippen molar-refractivity contribution in [1.29, 1.82) is 0 Å². The highest BCUT2D eigenvalue weighted by Crippen LogP contribution is 2.31. The van der Waals surface area contributed by atoms with E-state index in [1.807, 2.05) is 17.9 Å². The van der Waals surface area contributed by atoms with Gasteiger partial charge in [0.2, 0.25) is 5.91 Å². The summed E-state index contributed by atoms with van der Waals surface area (Å²) in [6.07, 6.45) is 1.66. The smallest absolute Gasteiger partial charge is 0.240 e. The van der Waals surface area contributed by atoms with Crippen LogP contribution in [0, 0.1) is 6.92 Å². The fourth-order valence-corrected chi connectivity index (χ4v) is 2.60. The molecule has 1 saturated heterocycles. The van der Waals surface area contributed by atoms with Gasteiger partial charge >= 0.3 is 0 Å². The van der Waals surface area contributed by atoms with Crippen LogP contribution in [-0.4, -0.2) is 41.8 Å². The van der Waals surface area contributed by atoms with Crippen molar-refractivity contribution >= 4 is 5.91 Å². The zero-order valence-electron chi connectivity index (χ0n) is 10.8. The first-order valence-electron chi connectivity index (χ1n) is 6.04. The standard InChI is InChI=1S/C12H19N3O3/c1-9-6-10(18-14-9)7-15-5-3-4-12(15,8-17-2)11(13)16/h6H,3-5,7-8H2,1-2H3,(H2,13,16). The maximum absolute atomic E-state index is 11.8. The molecule has 0 spiro atoms. The number of carbonyl (C=O) groups is 1. The molecule has 1 amide bonds. The molecule has 0 radical (unpaired) electrons. The lowest BCUT2D eigenvalue weighted by molar-refractivity contribution is -0.132. The highest BCUT2D eigenvalue weighted by molar-refractivity contribution is 5.85. The molecule has 100 valence electrons. The van der Waals surface area contributed by atoms with Crippen LogP contribution in [0.1, 0.15) is 24.3 Å². The lowest BCUT2D eigenvalue weighted by Crippen LogP contribution is -2.56. The molecule has 2 N–H and O–H groups in total. The second-order valence-electron chi connectivity index (χ2n) is 4.79. The van der Waals surface area contributed by atoms with E-state index in [9.17, 15) is 4.79 Å². The van der Waals surface area contributed by atoms with Crippen LogP contribution in [0.4, 0.5) is 0 Å². The minimum atomic E-state index is -0.713. The molecule has 2 rings (SSSR count). The second kappa shape index (κ2) is 5.07. The quantitative estimate of drug-likeness (QED) is 0.824. The zero-order chi connectivity index (χ0) is 13.2. The Balaban J connectivity index is 2.17. The fourth-order valence-electron chi connectivity index (χ4n) is 2.60. The second-order valence-corrected chi connectivity index (χ2v) is 4.79. The maximum atomic E-state index is 11.8. The summed E-state index contributed by atoms with van der Waals surface area (Å²) in [5.41, 5.74) is 5.68. The summed E-state index contributed by atoms with van der Waals surface area (Å²) >= 11 is 0. The molecule has 1 unspecified atom stereocenters. The molecule has 0 aliphatic carbocycles. The molecule has 1 atom stereocenters. The molecule has 1 aliphatic rings. The number of rotatable bonds is 5. The highest BCUT2D eigenvalue weighted by atomic mass is 16.5. The molecule has 0 saturated carbocycles. The van der Waals surface area contributed by atoms with Crippen LogP contribution in [-0.2, 0) is 16.1 Å². The average molecular weight is 253 g/mol. The average Bonchev–Trinajstić information content (AvgIpc) is 2.88. The Hall–Kier alpha value is -1.40. The third-order valence-electron chi connectivity index (χ3n) is 3.49. The number of carbonyl (C=O) groups excluding carboxylic acids is 1. The molecular weight excluding hydrogens is 234 g/mol. The van der Waals surface area contributed by atoms with Crippen molar-refractivity contribution in [2.24, 2.45) is 5.73 Å². The Bertz CT molecular complexity index is 432. The van der Waals surface area contributed by atoms with E-state index in [-0.39, 0.29) is 5.91 Å². The number of nitrogens with two attached hydrogens (primary N) is 1. The number of hydrogen-bond donors (Lipinski definition) is 1. The molecule has 1 aromatic rings. The molecule has 1 aliphatic heterocycles. The summed E-state index contributed by atoms with van der Waals surface area (Å²) in [6, 6.07) is 1.87. The number of aryl methyl sites for hydroxylation is 1. The lowest BCUT2D eigenvalue weighted by atomic mass is 9.96. The van der Waals surface area contributed by atoms with Crippen molar-refractivity contribution in [2.75, 3.05) is 20.3 Å². The maximum Gasteiger partial charge on any atom is 0.240 e. The Morgan fingerprint density at radius 3 is 3.06 bits per heavy atom. The lowest BCUT2D eigenvalue weighted by Gasteiger charge is -2.34. The molecular formula is C12H19N3O3. The third kappa shape index (κ3) is 2.26. The monoisotopic (exact) mass is 253 g/mol. The van der Waals surface area contributed by atoms with Crippen LogP contribution in [0.5, 0.6) is 0 Å². The first-order chi connectivity index (χ1) is 8.58. The third-order valence-corrected chi connectivity index (χ3v) is 3.49. The van der Waals surface area contributed by atoms with Crippen molar-refractivity contribution < 1.29 is 14.1 Å². The first-order valence-corrected chi connectivity index (χ1v) is 6.04. The summed E-state index contributed by atoms with van der Waals surface area (Å²) in [4.78, 5) is 13.8. The summed E-state index contributed by atoms with van der Waals surface area (Å²) in [5, 5.41) is 3.85. The Morgan fingerprint density at radius 1 is 1.72 bits per heavy atom. The van der Waals surface area contributed by atoms with Crippen molar-refractivity contribution in [3.05, 3.63) is 17.5 Å². The highest BCUT2D eigenvalue weighted by Gasteiger charge is 2.46. The summed E-state index contributed by atoms with van der Waals surface area (Å²) < 4.78 is 10.4. The predicted molar refractivity (Wildman–Crippen MR) is 64.7 cm³/mol. The molecule has 1 fully saturated rings. The van der Waals surface area contributed by atoms with Crippen LogP contribution in [0.15, 0.2) is 10.6 Å². The molecule has 2 heterocycles. The van der Waals surface area contributed by atoms with E-state index in [1.165, 1.54) is 0 Å². The number of hydrogen-bond acceptors (Lipinski definition) is 5. The van der Waals surface area contributed by atoms with Gasteiger partial charge in [0.25, 0.3) is 0 Å². The summed E-state index contributed by atoms with van der Waals surface area (Å²) in [5.74, 6) is 0.411. The van der Waals surface area contributed by atoms with Gasteiger partial charge in [-0.05, 0) is 26.3 Å². The van der Waals surface area contributed by atoms with Gasteiger partial charge in [0, 0.05) is 13.2 Å². The molecule has 0 aromatic carbocycles. The fraction of sp³-hybridized carbons (Fsp3) is 0.667. The van der Waals surface area contributed by atoms with Gasteiger partial charge < -0.3 is 15.0 Å². The van der Waals surface area contributed by atoms with Gasteiger partial charge in [-0.2, -0.15) is 0 Å². The van der Waals surface area contributed by atoms with Gasteiger partial charge in [-0.1, -0.05) is 5.16 Å². The largest absolute Gasteiger partial charge is 0.382 e. The van der Waals surface area contributed by atoms with E-state index in [2.05, 4.69) is 5.16 Å². The number of aromatic nitrogens is 1. The number of likely N-dealkylation sites (tertiary alicyclic amines) is 1. The number of methoxy groups -OCH3 is 1. The SMILES string of the molecule is COCC1(C(N)=O)CCCN1Cc1cc(C)no1. The molecule has 6 nitrogen and oxygen atoms in total. The van der Waals surface area contributed by atoms with E-state index < -0.39 is 5.54 Å². The first kappa shape index (κ1) is 13.0. The van der Waals surface area contributed by atoms with Crippen LogP contribution < -0.4 is 5.73 Å². The van der Waals surface area contributed by atoms with E-state index in [1.54, 1.807) is 7.11 Å². The van der Waals surface area contributed by atoms with Crippen LogP contribution in [0.25, 0.3) is 0 Å². The van der Waals surface area contributed by atoms with Gasteiger partial charge in [-0.25, -0.2) is 0 Å². The van der Waals surface area contributed by atoms with Crippen LogP contribution >= 0.6 is 0 Å². The van der Waals surface area contributed by atoms with Crippen molar-refractivity contribution in [1.82, 2.24) is 10.1 Å². The normalized spacial score (nSPS) is 24.6. The Morgan fingerprint density at radius 2 is 2.50 bits per heavy atom. The van der Waals surface area contributed by atoms with Crippen molar-refractivity contribution in [3.63, 3.8) is 0 Å². The molecule has 6 heteroatoms. The van der Waals surface area contributed by atoms with E-state index in [4.69, 9.17) is 15.0 Å². The summed E-state index contributed by atoms with van der Waals surface area (Å²) in [7, 11) is 1.58. The van der Waals surface area contributed by atoms with Gasteiger partial charge in [0.1, 0.15) is 5.54 Å². The Kier molecular flexibility index (Phi) is 3.68. The minimum Gasteiger partial charge on any atom is -0.382 e. The number of primary amides is 1. The molecule has 18 heavy (non-hydrogen) atoms. The topological polar surface area (TPSA) is 81.6 Å². The predicted octanol–water partition coefficient (Wildman–Crippen LogP) is 0.449. The van der Waals surface area contributed by atoms with Gasteiger partial charge in [0.05, 0.1) is 18.8 Å². The van der Waals surface area contributed by atoms with Gasteiger partial charge in [0.15, 0.2) is 5.76 Å².